The minimum atomic E-state index is -0.779. The SMILES string of the molecule is COc1c(C(O)c2ccc(Cl)nc2)ccc(C)c1C. The Kier molecular flexibility index (Phi) is 4.08. The molecule has 1 heterocycles. The Balaban J connectivity index is 2.46. The quantitative estimate of drug-likeness (QED) is 0.874. The standard InChI is InChI=1S/C15H16ClNO2/c1-9-4-6-12(15(19-3)10(9)2)14(18)11-5-7-13(16)17-8-11/h4-8,14,18H,1-3H3. The first kappa shape index (κ1) is 13.8. The number of hydrogen-bond acceptors (Lipinski definition) is 3. The third-order valence-electron chi connectivity index (χ3n) is 3.27. The van der Waals surface area contributed by atoms with Crippen LogP contribution in [0.25, 0.3) is 0 Å². The monoisotopic (exact) mass is 277 g/mol. The molecule has 0 bridgehead atoms. The third kappa shape index (κ3) is 2.72. The molecule has 1 unspecified atom stereocenters. The summed E-state index contributed by atoms with van der Waals surface area (Å²) in [7, 11) is 1.61. The van der Waals surface area contributed by atoms with Crippen LogP contribution in [-0.4, -0.2) is 17.2 Å². The Hall–Kier alpha value is -1.58. The molecular formula is C15H16ClNO2. The van der Waals surface area contributed by atoms with Gasteiger partial charge in [0.15, 0.2) is 0 Å². The smallest absolute Gasteiger partial charge is 0.129 e. The number of halogens is 1. The van der Waals surface area contributed by atoms with Gasteiger partial charge >= 0.3 is 0 Å². The van der Waals surface area contributed by atoms with Crippen molar-refractivity contribution in [2.45, 2.75) is 20.0 Å². The summed E-state index contributed by atoms with van der Waals surface area (Å²) in [6.07, 6.45) is 0.792. The van der Waals surface area contributed by atoms with Gasteiger partial charge in [-0.2, -0.15) is 0 Å². The van der Waals surface area contributed by atoms with Crippen LogP contribution in [0.3, 0.4) is 0 Å². The van der Waals surface area contributed by atoms with E-state index in [1.54, 1.807) is 25.4 Å². The number of nitrogens with zero attached hydrogens (tertiary/aromatic N) is 1. The summed E-state index contributed by atoms with van der Waals surface area (Å²) in [5, 5.41) is 10.9. The van der Waals surface area contributed by atoms with Gasteiger partial charge in [0, 0.05) is 17.3 Å². The molecule has 1 N–H and O–H groups in total. The van der Waals surface area contributed by atoms with Crippen molar-refractivity contribution < 1.29 is 9.84 Å². The summed E-state index contributed by atoms with van der Waals surface area (Å²) in [5.74, 6) is 0.711. The second-order valence-corrected chi connectivity index (χ2v) is 4.83. The van der Waals surface area contributed by atoms with Crippen molar-refractivity contribution in [2.75, 3.05) is 7.11 Å². The lowest BCUT2D eigenvalue weighted by molar-refractivity contribution is 0.214. The van der Waals surface area contributed by atoms with Crippen LogP contribution in [-0.2, 0) is 0 Å². The predicted octanol–water partition coefficient (Wildman–Crippen LogP) is 3.44. The highest BCUT2D eigenvalue weighted by Gasteiger charge is 2.18. The van der Waals surface area contributed by atoms with E-state index in [2.05, 4.69) is 4.98 Å². The Morgan fingerprint density at radius 1 is 1.21 bits per heavy atom. The van der Waals surface area contributed by atoms with Gasteiger partial charge in [-0.1, -0.05) is 29.8 Å². The number of hydrogen-bond donors (Lipinski definition) is 1. The molecule has 1 atom stereocenters. The number of aromatic nitrogens is 1. The van der Waals surface area contributed by atoms with E-state index >= 15 is 0 Å². The molecule has 2 rings (SSSR count). The summed E-state index contributed by atoms with van der Waals surface area (Å²) >= 11 is 5.75. The largest absolute Gasteiger partial charge is 0.496 e. The van der Waals surface area contributed by atoms with Crippen LogP contribution in [0.15, 0.2) is 30.5 Å². The number of rotatable bonds is 3. The predicted molar refractivity (Wildman–Crippen MR) is 75.8 cm³/mol. The van der Waals surface area contributed by atoms with Gasteiger partial charge in [-0.15, -0.1) is 0 Å². The lowest BCUT2D eigenvalue weighted by atomic mass is 9.97. The van der Waals surface area contributed by atoms with Crippen LogP contribution >= 0.6 is 11.6 Å². The molecule has 4 heteroatoms. The molecule has 0 aliphatic rings. The number of benzene rings is 1. The van der Waals surface area contributed by atoms with Crippen molar-refractivity contribution >= 4 is 11.6 Å². The van der Waals surface area contributed by atoms with Crippen LogP contribution in [0.4, 0.5) is 0 Å². The minimum absolute atomic E-state index is 0.406. The first-order chi connectivity index (χ1) is 9.04. The Labute approximate surface area is 117 Å². The fourth-order valence-corrected chi connectivity index (χ4v) is 2.14. The number of ether oxygens (including phenoxy) is 1. The van der Waals surface area contributed by atoms with Gasteiger partial charge in [-0.25, -0.2) is 4.98 Å². The number of pyridine rings is 1. The molecule has 0 saturated heterocycles. The number of methoxy groups -OCH3 is 1. The highest BCUT2D eigenvalue weighted by atomic mass is 35.5. The molecule has 0 fully saturated rings. The van der Waals surface area contributed by atoms with Crippen LogP contribution in [0.1, 0.15) is 28.4 Å². The Morgan fingerprint density at radius 3 is 2.53 bits per heavy atom. The molecule has 0 saturated carbocycles. The number of aliphatic hydroxyl groups is 1. The fourth-order valence-electron chi connectivity index (χ4n) is 2.03. The minimum Gasteiger partial charge on any atom is -0.496 e. The summed E-state index contributed by atoms with van der Waals surface area (Å²) in [6.45, 7) is 3.99. The van der Waals surface area contributed by atoms with E-state index < -0.39 is 6.10 Å². The van der Waals surface area contributed by atoms with Gasteiger partial charge < -0.3 is 9.84 Å². The van der Waals surface area contributed by atoms with E-state index in [9.17, 15) is 5.11 Å². The van der Waals surface area contributed by atoms with Crippen LogP contribution in [0.5, 0.6) is 5.75 Å². The van der Waals surface area contributed by atoms with Crippen molar-refractivity contribution in [2.24, 2.45) is 0 Å². The topological polar surface area (TPSA) is 42.4 Å². The second-order valence-electron chi connectivity index (χ2n) is 4.45. The molecule has 0 radical (unpaired) electrons. The third-order valence-corrected chi connectivity index (χ3v) is 3.50. The molecule has 2 aromatic rings. The summed E-state index contributed by atoms with van der Waals surface area (Å²) in [5.41, 5.74) is 3.57. The van der Waals surface area contributed by atoms with Crippen molar-refractivity contribution in [3.63, 3.8) is 0 Å². The normalized spacial score (nSPS) is 12.3. The molecule has 19 heavy (non-hydrogen) atoms. The average molecular weight is 278 g/mol. The second kappa shape index (κ2) is 5.59. The van der Waals surface area contributed by atoms with E-state index in [-0.39, 0.29) is 0 Å². The van der Waals surface area contributed by atoms with E-state index in [1.807, 2.05) is 26.0 Å². The van der Waals surface area contributed by atoms with Gasteiger partial charge in [0.25, 0.3) is 0 Å². The van der Waals surface area contributed by atoms with Gasteiger partial charge in [-0.3, -0.25) is 0 Å². The molecule has 3 nitrogen and oxygen atoms in total. The van der Waals surface area contributed by atoms with Gasteiger partial charge in [0.1, 0.15) is 17.0 Å². The molecule has 0 aliphatic carbocycles. The van der Waals surface area contributed by atoms with Gasteiger partial charge in [0.2, 0.25) is 0 Å². The van der Waals surface area contributed by atoms with Crippen molar-refractivity contribution in [3.8, 4) is 5.75 Å². The molecule has 1 aromatic carbocycles. The molecule has 0 spiro atoms. The number of aryl methyl sites for hydroxylation is 1. The lowest BCUT2D eigenvalue weighted by Crippen LogP contribution is -2.05. The highest BCUT2D eigenvalue weighted by molar-refractivity contribution is 6.29. The molecule has 1 aromatic heterocycles. The average Bonchev–Trinajstić information content (AvgIpc) is 2.41. The van der Waals surface area contributed by atoms with Crippen molar-refractivity contribution in [3.05, 3.63) is 57.9 Å². The zero-order chi connectivity index (χ0) is 14.0. The summed E-state index contributed by atoms with van der Waals surface area (Å²) in [4.78, 5) is 3.99. The summed E-state index contributed by atoms with van der Waals surface area (Å²) in [6, 6.07) is 7.27. The van der Waals surface area contributed by atoms with E-state index in [0.717, 1.165) is 16.7 Å². The highest BCUT2D eigenvalue weighted by Crippen LogP contribution is 2.33. The van der Waals surface area contributed by atoms with Crippen LogP contribution in [0, 0.1) is 13.8 Å². The van der Waals surface area contributed by atoms with E-state index in [4.69, 9.17) is 16.3 Å². The molecule has 100 valence electrons. The van der Waals surface area contributed by atoms with E-state index in [0.29, 0.717) is 16.5 Å². The maximum Gasteiger partial charge on any atom is 0.129 e. The molecule has 0 aliphatic heterocycles. The first-order valence-electron chi connectivity index (χ1n) is 5.98. The van der Waals surface area contributed by atoms with Crippen molar-refractivity contribution in [1.82, 2.24) is 4.98 Å². The maximum absolute atomic E-state index is 10.4. The molecule has 0 amide bonds. The lowest BCUT2D eigenvalue weighted by Gasteiger charge is -2.18. The Morgan fingerprint density at radius 2 is 1.95 bits per heavy atom. The van der Waals surface area contributed by atoms with Gasteiger partial charge in [0.05, 0.1) is 7.11 Å². The summed E-state index contributed by atoms with van der Waals surface area (Å²) < 4.78 is 5.42. The van der Waals surface area contributed by atoms with Crippen LogP contribution in [0.2, 0.25) is 5.15 Å². The van der Waals surface area contributed by atoms with Crippen molar-refractivity contribution in [1.29, 1.82) is 0 Å². The zero-order valence-corrected chi connectivity index (χ0v) is 11.9. The van der Waals surface area contributed by atoms with Gasteiger partial charge in [-0.05, 0) is 31.0 Å². The maximum atomic E-state index is 10.4. The van der Waals surface area contributed by atoms with E-state index in [1.165, 1.54) is 0 Å². The number of aliphatic hydroxyl groups excluding tert-OH is 1. The zero-order valence-electron chi connectivity index (χ0n) is 11.1. The molecular weight excluding hydrogens is 262 g/mol. The Bertz CT molecular complexity index is 581. The van der Waals surface area contributed by atoms with Crippen LogP contribution < -0.4 is 4.74 Å². The first-order valence-corrected chi connectivity index (χ1v) is 6.36. The fraction of sp³-hybridized carbons (Fsp3) is 0.267.